The smallest absolute Gasteiger partial charge is 0.126 e. The van der Waals surface area contributed by atoms with Crippen LogP contribution >= 0.6 is 0 Å². The molecule has 0 aliphatic carbocycles. The molecule has 0 saturated carbocycles. The second kappa shape index (κ2) is 6.37. The van der Waals surface area contributed by atoms with Gasteiger partial charge >= 0.3 is 0 Å². The van der Waals surface area contributed by atoms with Crippen LogP contribution in [0.25, 0.3) is 0 Å². The second-order valence-electron chi connectivity index (χ2n) is 6.81. The summed E-state index contributed by atoms with van der Waals surface area (Å²) in [6, 6.07) is 4.24. The summed E-state index contributed by atoms with van der Waals surface area (Å²) in [6.07, 6.45) is 3.90. The Morgan fingerprint density at radius 1 is 1.14 bits per heavy atom. The van der Waals surface area contributed by atoms with E-state index in [2.05, 4.69) is 44.7 Å². The molecule has 2 N–H and O–H groups in total. The monoisotopic (exact) mass is 290 g/mol. The van der Waals surface area contributed by atoms with Crippen LogP contribution in [0, 0.1) is 13.8 Å². The van der Waals surface area contributed by atoms with E-state index in [1.165, 1.54) is 30.4 Å². The molecular formula is C18H30N2O. The van der Waals surface area contributed by atoms with Crippen LogP contribution in [-0.2, 0) is 0 Å². The van der Waals surface area contributed by atoms with Gasteiger partial charge in [-0.2, -0.15) is 0 Å². The molecule has 0 aromatic heterocycles. The first kappa shape index (κ1) is 16.3. The summed E-state index contributed by atoms with van der Waals surface area (Å²) in [5.74, 6) is 0.951. The fourth-order valence-corrected chi connectivity index (χ4v) is 3.37. The molecule has 1 aliphatic heterocycles. The third-order valence-corrected chi connectivity index (χ3v) is 5.18. The molecule has 1 fully saturated rings. The third-order valence-electron chi connectivity index (χ3n) is 5.18. The standard InChI is InChI=1S/C18H30N2O/c1-13-9-10-15(16(21-5)14(13)2)17(19)18(3,4)20-11-7-6-8-12-20/h9-10,17H,6-8,11-12,19H2,1-5H3. The SMILES string of the molecule is COc1c(C(N)C(C)(C)N2CCCCC2)ccc(C)c1C. The van der Waals surface area contributed by atoms with Gasteiger partial charge in [0.1, 0.15) is 5.75 Å². The molecule has 1 unspecified atom stereocenters. The molecule has 3 heteroatoms. The van der Waals surface area contributed by atoms with Gasteiger partial charge in [0.05, 0.1) is 13.2 Å². The minimum Gasteiger partial charge on any atom is -0.496 e. The van der Waals surface area contributed by atoms with Crippen molar-refractivity contribution in [2.75, 3.05) is 20.2 Å². The highest BCUT2D eigenvalue weighted by molar-refractivity contribution is 5.47. The van der Waals surface area contributed by atoms with Crippen molar-refractivity contribution in [2.45, 2.75) is 58.5 Å². The third kappa shape index (κ3) is 3.09. The summed E-state index contributed by atoms with van der Waals surface area (Å²) < 4.78 is 5.66. The van der Waals surface area contributed by atoms with Crippen molar-refractivity contribution in [2.24, 2.45) is 5.73 Å². The number of ether oxygens (including phenoxy) is 1. The van der Waals surface area contributed by atoms with Crippen molar-refractivity contribution in [1.29, 1.82) is 0 Å². The minimum atomic E-state index is -0.0601. The van der Waals surface area contributed by atoms with E-state index >= 15 is 0 Å². The van der Waals surface area contributed by atoms with Crippen molar-refractivity contribution < 1.29 is 4.74 Å². The average Bonchev–Trinajstić information content (AvgIpc) is 2.50. The van der Waals surface area contributed by atoms with Gasteiger partial charge in [-0.1, -0.05) is 18.6 Å². The highest BCUT2D eigenvalue weighted by Crippen LogP contribution is 2.37. The number of benzene rings is 1. The number of nitrogens with zero attached hydrogens (tertiary/aromatic N) is 1. The molecule has 1 heterocycles. The van der Waals surface area contributed by atoms with E-state index < -0.39 is 0 Å². The summed E-state index contributed by atoms with van der Waals surface area (Å²) in [7, 11) is 1.74. The lowest BCUT2D eigenvalue weighted by atomic mass is 9.84. The Bertz CT molecular complexity index is 490. The van der Waals surface area contributed by atoms with Gasteiger partial charge < -0.3 is 10.5 Å². The number of methoxy groups -OCH3 is 1. The Labute approximate surface area is 129 Å². The lowest BCUT2D eigenvalue weighted by molar-refractivity contribution is 0.0722. The van der Waals surface area contributed by atoms with E-state index in [-0.39, 0.29) is 11.6 Å². The topological polar surface area (TPSA) is 38.5 Å². The molecule has 21 heavy (non-hydrogen) atoms. The predicted molar refractivity (Wildman–Crippen MR) is 88.9 cm³/mol. The number of nitrogens with two attached hydrogens (primary N) is 1. The van der Waals surface area contributed by atoms with Gasteiger partial charge in [-0.05, 0) is 64.8 Å². The Hall–Kier alpha value is -1.06. The van der Waals surface area contributed by atoms with Crippen LogP contribution in [-0.4, -0.2) is 30.6 Å². The zero-order valence-electron chi connectivity index (χ0n) is 14.2. The maximum atomic E-state index is 6.68. The number of hydrogen-bond acceptors (Lipinski definition) is 3. The molecule has 1 atom stereocenters. The molecule has 0 radical (unpaired) electrons. The van der Waals surface area contributed by atoms with E-state index in [0.29, 0.717) is 0 Å². The van der Waals surface area contributed by atoms with Gasteiger partial charge in [-0.15, -0.1) is 0 Å². The van der Waals surface area contributed by atoms with Gasteiger partial charge in [0.25, 0.3) is 0 Å². The maximum Gasteiger partial charge on any atom is 0.126 e. The summed E-state index contributed by atoms with van der Waals surface area (Å²) in [5.41, 5.74) is 10.2. The van der Waals surface area contributed by atoms with Crippen molar-refractivity contribution >= 4 is 0 Å². The van der Waals surface area contributed by atoms with Crippen LogP contribution in [0.1, 0.15) is 55.8 Å². The van der Waals surface area contributed by atoms with Crippen molar-refractivity contribution in [3.8, 4) is 5.75 Å². The molecular weight excluding hydrogens is 260 g/mol. The van der Waals surface area contributed by atoms with E-state index in [4.69, 9.17) is 10.5 Å². The predicted octanol–water partition coefficient (Wildman–Crippen LogP) is 3.58. The quantitative estimate of drug-likeness (QED) is 0.921. The summed E-state index contributed by atoms with van der Waals surface area (Å²) in [6.45, 7) is 11.0. The van der Waals surface area contributed by atoms with E-state index in [9.17, 15) is 0 Å². The van der Waals surface area contributed by atoms with Crippen LogP contribution in [0.4, 0.5) is 0 Å². The Kier molecular flexibility index (Phi) is 4.95. The van der Waals surface area contributed by atoms with Crippen molar-refractivity contribution in [1.82, 2.24) is 4.90 Å². The van der Waals surface area contributed by atoms with Gasteiger partial charge in [0.2, 0.25) is 0 Å². The second-order valence-corrected chi connectivity index (χ2v) is 6.81. The highest BCUT2D eigenvalue weighted by Gasteiger charge is 2.36. The molecule has 2 rings (SSSR count). The van der Waals surface area contributed by atoms with Gasteiger partial charge in [0.15, 0.2) is 0 Å². The van der Waals surface area contributed by atoms with Crippen LogP contribution in [0.15, 0.2) is 12.1 Å². The van der Waals surface area contributed by atoms with Crippen LogP contribution in [0.2, 0.25) is 0 Å². The summed E-state index contributed by atoms with van der Waals surface area (Å²) >= 11 is 0. The molecule has 1 aromatic rings. The number of piperidine rings is 1. The Balaban J connectivity index is 2.34. The molecule has 0 spiro atoms. The Morgan fingerprint density at radius 3 is 2.33 bits per heavy atom. The lowest BCUT2D eigenvalue weighted by Gasteiger charge is -2.45. The summed E-state index contributed by atoms with van der Waals surface area (Å²) in [4.78, 5) is 2.54. The van der Waals surface area contributed by atoms with Crippen molar-refractivity contribution in [3.05, 3.63) is 28.8 Å². The van der Waals surface area contributed by atoms with E-state index in [0.717, 1.165) is 24.4 Å². The average molecular weight is 290 g/mol. The lowest BCUT2D eigenvalue weighted by Crippen LogP contribution is -2.53. The van der Waals surface area contributed by atoms with Gasteiger partial charge in [-0.25, -0.2) is 0 Å². The number of rotatable bonds is 4. The normalized spacial score (nSPS) is 18.6. The van der Waals surface area contributed by atoms with E-state index in [1.807, 2.05) is 0 Å². The van der Waals surface area contributed by atoms with Gasteiger partial charge in [0, 0.05) is 11.1 Å². The number of hydrogen-bond donors (Lipinski definition) is 1. The molecule has 1 saturated heterocycles. The molecule has 0 amide bonds. The number of likely N-dealkylation sites (tertiary alicyclic amines) is 1. The van der Waals surface area contributed by atoms with Crippen LogP contribution < -0.4 is 10.5 Å². The molecule has 0 bridgehead atoms. The summed E-state index contributed by atoms with van der Waals surface area (Å²) in [5, 5.41) is 0. The first-order chi connectivity index (χ1) is 9.89. The van der Waals surface area contributed by atoms with Crippen molar-refractivity contribution in [3.63, 3.8) is 0 Å². The Morgan fingerprint density at radius 2 is 1.76 bits per heavy atom. The van der Waals surface area contributed by atoms with Crippen LogP contribution in [0.3, 0.4) is 0 Å². The van der Waals surface area contributed by atoms with Crippen LogP contribution in [0.5, 0.6) is 5.75 Å². The first-order valence-electron chi connectivity index (χ1n) is 8.04. The maximum absolute atomic E-state index is 6.68. The van der Waals surface area contributed by atoms with Gasteiger partial charge in [-0.3, -0.25) is 4.90 Å². The molecule has 1 aliphatic rings. The minimum absolute atomic E-state index is 0.0511. The van der Waals surface area contributed by atoms with E-state index in [1.54, 1.807) is 7.11 Å². The first-order valence-corrected chi connectivity index (χ1v) is 8.04. The fraction of sp³-hybridized carbons (Fsp3) is 0.667. The zero-order chi connectivity index (χ0) is 15.6. The largest absolute Gasteiger partial charge is 0.496 e. The molecule has 118 valence electrons. The molecule has 1 aromatic carbocycles. The highest BCUT2D eigenvalue weighted by atomic mass is 16.5. The zero-order valence-corrected chi connectivity index (χ0v) is 14.2. The molecule has 3 nitrogen and oxygen atoms in total. The number of aryl methyl sites for hydroxylation is 1. The fourth-order valence-electron chi connectivity index (χ4n) is 3.37.